The van der Waals surface area contributed by atoms with Crippen molar-refractivity contribution in [2.45, 2.75) is 88.9 Å². The van der Waals surface area contributed by atoms with Gasteiger partial charge in [0.15, 0.2) is 34.8 Å². The molecule has 13 nitrogen and oxygen atoms in total. The molecule has 4 aliphatic heterocycles. The van der Waals surface area contributed by atoms with Crippen molar-refractivity contribution in [1.29, 1.82) is 0 Å². The van der Waals surface area contributed by atoms with E-state index in [0.29, 0.717) is 51.9 Å². The van der Waals surface area contributed by atoms with Crippen molar-refractivity contribution in [3.8, 4) is 28.7 Å². The molecule has 5 aliphatic rings. The van der Waals surface area contributed by atoms with Gasteiger partial charge in [-0.25, -0.2) is 4.79 Å². The van der Waals surface area contributed by atoms with Crippen LogP contribution in [0.15, 0.2) is 60.2 Å². The van der Waals surface area contributed by atoms with Gasteiger partial charge in [0, 0.05) is 22.8 Å². The Balaban J connectivity index is 1.28. The van der Waals surface area contributed by atoms with Crippen LogP contribution in [0.4, 0.5) is 0 Å². The first-order valence-electron chi connectivity index (χ1n) is 17.8. The van der Waals surface area contributed by atoms with Crippen LogP contribution >= 0.6 is 0 Å². The van der Waals surface area contributed by atoms with Crippen LogP contribution < -0.4 is 23.7 Å². The molecule has 3 aromatic carbocycles. The first-order valence-corrected chi connectivity index (χ1v) is 17.8. The number of carbonyl (C=O) groups excluding carboxylic acids is 1. The summed E-state index contributed by atoms with van der Waals surface area (Å²) < 4.78 is 66.4. The van der Waals surface area contributed by atoms with Crippen LogP contribution in [0.25, 0.3) is 5.57 Å². The Bertz CT molecular complexity index is 1950. The van der Waals surface area contributed by atoms with E-state index in [9.17, 15) is 9.90 Å². The van der Waals surface area contributed by atoms with Crippen molar-refractivity contribution in [3.05, 3.63) is 82.4 Å². The second kappa shape index (κ2) is 13.2. The smallest absolute Gasteiger partial charge is 0.338 e. The van der Waals surface area contributed by atoms with Gasteiger partial charge in [0.2, 0.25) is 13.1 Å². The molecule has 53 heavy (non-hydrogen) atoms. The molecule has 1 N–H and O–H groups in total. The summed E-state index contributed by atoms with van der Waals surface area (Å²) in [6.07, 6.45) is -2.54. The lowest BCUT2D eigenvalue weighted by molar-refractivity contribution is -0.230. The van der Waals surface area contributed by atoms with E-state index in [4.69, 9.17) is 52.1 Å². The summed E-state index contributed by atoms with van der Waals surface area (Å²) in [6, 6.07) is 15.8. The van der Waals surface area contributed by atoms with Crippen molar-refractivity contribution in [2.75, 3.05) is 34.2 Å². The average Bonchev–Trinajstić information content (AvgIpc) is 3.94. The first-order chi connectivity index (χ1) is 25.4. The molecule has 4 heterocycles. The van der Waals surface area contributed by atoms with Gasteiger partial charge in [-0.3, -0.25) is 0 Å². The van der Waals surface area contributed by atoms with Gasteiger partial charge >= 0.3 is 5.97 Å². The van der Waals surface area contributed by atoms with Gasteiger partial charge in [0.25, 0.3) is 0 Å². The summed E-state index contributed by atoms with van der Waals surface area (Å²) in [6.45, 7) is 10.2. The van der Waals surface area contributed by atoms with Gasteiger partial charge in [-0.2, -0.15) is 0 Å². The molecule has 0 spiro atoms. The van der Waals surface area contributed by atoms with Crippen LogP contribution in [0.5, 0.6) is 28.7 Å². The molecular formula is C40H44O13. The molecule has 13 heteroatoms. The number of hydrogen-bond donors (Lipinski definition) is 1. The SMILES string of the molecule is CCCOc1ccc2c(c1)[C@](O)(c1ccc(OC)cc1O[C@H]1O[C@H]([C@H]3COC(C)(C)O3)[C@@H]3OC(C)(C)O[C@H]13)C(C(=O)OC)=C2c1ccc2c(c1)OCO2. The van der Waals surface area contributed by atoms with Gasteiger partial charge < -0.3 is 57.2 Å². The van der Waals surface area contributed by atoms with E-state index in [1.807, 2.05) is 52.8 Å². The summed E-state index contributed by atoms with van der Waals surface area (Å²) in [5, 5.41) is 13.4. The summed E-state index contributed by atoms with van der Waals surface area (Å²) in [4.78, 5) is 14.1. The molecule has 3 saturated heterocycles. The van der Waals surface area contributed by atoms with E-state index in [0.717, 1.165) is 6.42 Å². The maximum absolute atomic E-state index is 14.1. The number of rotatable bonds is 10. The molecular weight excluding hydrogens is 688 g/mol. The molecule has 0 amide bonds. The highest BCUT2D eigenvalue weighted by molar-refractivity contribution is 6.08. The fourth-order valence-electron chi connectivity index (χ4n) is 7.80. The van der Waals surface area contributed by atoms with E-state index in [1.165, 1.54) is 14.2 Å². The Morgan fingerprint density at radius 3 is 2.36 bits per heavy atom. The number of methoxy groups -OCH3 is 2. The highest BCUT2D eigenvalue weighted by atomic mass is 16.8. The topological polar surface area (TPSA) is 139 Å². The monoisotopic (exact) mass is 732 g/mol. The van der Waals surface area contributed by atoms with E-state index < -0.39 is 53.9 Å². The Labute approximate surface area is 307 Å². The summed E-state index contributed by atoms with van der Waals surface area (Å²) in [5.41, 5.74) is 0.102. The molecule has 1 aliphatic carbocycles. The van der Waals surface area contributed by atoms with Crippen molar-refractivity contribution in [3.63, 3.8) is 0 Å². The zero-order valence-electron chi connectivity index (χ0n) is 30.8. The minimum atomic E-state index is -2.13. The molecule has 8 rings (SSSR count). The minimum Gasteiger partial charge on any atom is -0.497 e. The number of fused-ring (bicyclic) bond motifs is 3. The van der Waals surface area contributed by atoms with Crippen molar-refractivity contribution >= 4 is 11.5 Å². The van der Waals surface area contributed by atoms with Crippen LogP contribution in [0.3, 0.4) is 0 Å². The summed E-state index contributed by atoms with van der Waals surface area (Å²) >= 11 is 0. The van der Waals surface area contributed by atoms with Crippen LogP contribution in [0, 0.1) is 0 Å². The highest BCUT2D eigenvalue weighted by Crippen LogP contribution is 2.56. The third-order valence-electron chi connectivity index (χ3n) is 10.1. The lowest BCUT2D eigenvalue weighted by Gasteiger charge is -2.31. The van der Waals surface area contributed by atoms with Gasteiger partial charge in [0.1, 0.15) is 35.6 Å². The number of ether oxygens (including phenoxy) is 11. The minimum absolute atomic E-state index is 0.0278. The Morgan fingerprint density at radius 1 is 0.849 bits per heavy atom. The maximum Gasteiger partial charge on any atom is 0.338 e. The number of benzene rings is 3. The molecule has 6 atom stereocenters. The first kappa shape index (κ1) is 35.6. The predicted octanol–water partition coefficient (Wildman–Crippen LogP) is 5.21. The standard InChI is InChI=1S/C40H44O13/c1-8-15-45-23-10-12-24-26(17-23)40(42,32(36(41)44-7)31(24)21-9-14-27-29(16-21)47-20-46-27)25-13-11-22(43-6)18-28(25)49-37-35-34(52-39(4,5)53-35)33(50-37)30-19-48-38(2,3)51-30/h9-14,16-18,30,33-35,37,42H,8,15,19-20H2,1-7H3/t30-,33-,34+,35+,37+,40-/m1/s1. The second-order valence-corrected chi connectivity index (χ2v) is 14.5. The number of hydrogen-bond acceptors (Lipinski definition) is 13. The van der Waals surface area contributed by atoms with Crippen molar-refractivity contribution in [1.82, 2.24) is 0 Å². The van der Waals surface area contributed by atoms with Crippen molar-refractivity contribution in [2.24, 2.45) is 0 Å². The third kappa shape index (κ3) is 6.09. The zero-order chi connectivity index (χ0) is 37.3. The fraction of sp³-hybridized carbons (Fsp3) is 0.475. The van der Waals surface area contributed by atoms with E-state index >= 15 is 0 Å². The molecule has 0 bridgehead atoms. The van der Waals surface area contributed by atoms with Gasteiger partial charge in [0.05, 0.1) is 33.0 Å². The third-order valence-corrected chi connectivity index (χ3v) is 10.1. The van der Waals surface area contributed by atoms with Gasteiger partial charge in [-0.05, 0) is 81.6 Å². The molecule has 0 unspecified atom stereocenters. The van der Waals surface area contributed by atoms with Gasteiger partial charge in [-0.15, -0.1) is 0 Å². The quantitative estimate of drug-likeness (QED) is 0.273. The summed E-state index contributed by atoms with van der Waals surface area (Å²) in [7, 11) is 2.81. The largest absolute Gasteiger partial charge is 0.497 e. The van der Waals surface area contributed by atoms with Crippen LogP contribution in [-0.4, -0.2) is 87.6 Å². The molecule has 0 saturated carbocycles. The van der Waals surface area contributed by atoms with Gasteiger partial charge in [-0.1, -0.05) is 19.1 Å². The highest BCUT2D eigenvalue weighted by Gasteiger charge is 2.60. The summed E-state index contributed by atoms with van der Waals surface area (Å²) in [5.74, 6) is -0.280. The Morgan fingerprint density at radius 2 is 1.62 bits per heavy atom. The van der Waals surface area contributed by atoms with Crippen LogP contribution in [0.2, 0.25) is 0 Å². The van der Waals surface area contributed by atoms with E-state index in [1.54, 1.807) is 36.4 Å². The Kier molecular flexibility index (Phi) is 8.87. The van der Waals surface area contributed by atoms with E-state index in [-0.39, 0.29) is 30.3 Å². The lowest BCUT2D eigenvalue weighted by atomic mass is 9.82. The molecule has 3 aromatic rings. The van der Waals surface area contributed by atoms with Crippen LogP contribution in [0.1, 0.15) is 63.3 Å². The molecule has 282 valence electrons. The second-order valence-electron chi connectivity index (χ2n) is 14.5. The maximum atomic E-state index is 14.1. The Hall–Kier alpha value is -4.37. The molecule has 0 aromatic heterocycles. The average molecular weight is 733 g/mol. The predicted molar refractivity (Wildman–Crippen MR) is 187 cm³/mol. The normalized spacial score (nSPS) is 28.9. The number of esters is 1. The van der Waals surface area contributed by atoms with Crippen LogP contribution in [-0.2, 0) is 38.8 Å². The lowest BCUT2D eigenvalue weighted by Crippen LogP contribution is -2.40. The zero-order valence-corrected chi connectivity index (χ0v) is 30.8. The fourth-order valence-corrected chi connectivity index (χ4v) is 7.80. The molecule has 3 fully saturated rings. The number of aliphatic hydroxyl groups is 1. The van der Waals surface area contributed by atoms with E-state index in [2.05, 4.69) is 0 Å². The number of carbonyl (C=O) groups is 1. The van der Waals surface area contributed by atoms with Crippen molar-refractivity contribution < 1.29 is 62.0 Å². The molecule has 0 radical (unpaired) electrons.